The Hall–Kier alpha value is -1.50. The molecule has 0 amide bonds. The van der Waals surface area contributed by atoms with E-state index in [4.69, 9.17) is 4.74 Å². The van der Waals surface area contributed by atoms with Crippen molar-refractivity contribution in [3.8, 4) is 0 Å². The summed E-state index contributed by atoms with van der Waals surface area (Å²) in [5, 5.41) is 15.7. The first-order chi connectivity index (χ1) is 14.8. The molecule has 2 fully saturated rings. The third kappa shape index (κ3) is 4.87. The lowest BCUT2D eigenvalue weighted by Crippen LogP contribution is -2.63. The molecule has 0 unspecified atom stereocenters. The van der Waals surface area contributed by atoms with Crippen LogP contribution in [0.15, 0.2) is 42.7 Å². The van der Waals surface area contributed by atoms with Gasteiger partial charge in [-0.15, -0.1) is 12.4 Å². The number of halogens is 1. The molecule has 1 atom stereocenters. The van der Waals surface area contributed by atoms with Crippen LogP contribution in [-0.4, -0.2) is 54.3 Å². The second kappa shape index (κ2) is 10.2. The Bertz CT molecular complexity index is 877. The summed E-state index contributed by atoms with van der Waals surface area (Å²) in [5.74, 6) is 0.463. The van der Waals surface area contributed by atoms with Gasteiger partial charge in [-0.3, -0.25) is 4.98 Å². The number of aliphatic hydroxyl groups is 1. The minimum Gasteiger partial charge on any atom is -0.380 e. The fourth-order valence-corrected chi connectivity index (χ4v) is 5.29. The molecule has 0 aliphatic carbocycles. The molecule has 1 aromatic carbocycles. The summed E-state index contributed by atoms with van der Waals surface area (Å²) in [5.41, 5.74) is 2.70. The molecule has 0 saturated carbocycles. The van der Waals surface area contributed by atoms with Crippen LogP contribution in [0.25, 0.3) is 0 Å². The van der Waals surface area contributed by atoms with Crippen molar-refractivity contribution in [2.24, 2.45) is 5.41 Å². The van der Waals surface area contributed by atoms with E-state index < -0.39 is 5.60 Å². The molecule has 2 saturated heterocycles. The number of likely N-dealkylation sites (tertiary alicyclic amines) is 1. The predicted molar refractivity (Wildman–Crippen MR) is 131 cm³/mol. The van der Waals surface area contributed by atoms with Crippen LogP contribution in [0.4, 0.5) is 0 Å². The van der Waals surface area contributed by atoms with Gasteiger partial charge in [0.2, 0.25) is 0 Å². The Labute approximate surface area is 199 Å². The van der Waals surface area contributed by atoms with Crippen molar-refractivity contribution in [1.29, 1.82) is 0 Å². The summed E-state index contributed by atoms with van der Waals surface area (Å²) in [6, 6.07) is 10.6. The molecule has 3 heterocycles. The molecule has 0 bridgehead atoms. The van der Waals surface area contributed by atoms with Gasteiger partial charge < -0.3 is 20.1 Å². The minimum absolute atomic E-state index is 0. The quantitative estimate of drug-likeness (QED) is 0.653. The first kappa shape index (κ1) is 25.1. The van der Waals surface area contributed by atoms with Crippen molar-refractivity contribution in [3.05, 3.63) is 65.0 Å². The number of rotatable bonds is 7. The molecular formula is C26H38ClN3O2. The lowest BCUT2D eigenvalue weighted by atomic mass is 9.62. The van der Waals surface area contributed by atoms with E-state index >= 15 is 0 Å². The van der Waals surface area contributed by atoms with E-state index in [1.54, 1.807) is 0 Å². The van der Waals surface area contributed by atoms with Gasteiger partial charge in [0.05, 0.1) is 12.7 Å². The Morgan fingerprint density at radius 2 is 1.81 bits per heavy atom. The number of pyridine rings is 1. The molecule has 2 aromatic rings. The van der Waals surface area contributed by atoms with Crippen molar-refractivity contribution in [2.45, 2.75) is 57.8 Å². The van der Waals surface area contributed by atoms with Crippen LogP contribution >= 0.6 is 12.4 Å². The third-order valence-corrected chi connectivity index (χ3v) is 7.09. The minimum atomic E-state index is -1.10. The highest BCUT2D eigenvalue weighted by atomic mass is 35.5. The van der Waals surface area contributed by atoms with Crippen LogP contribution in [0.3, 0.4) is 0 Å². The number of hydrogen-bond donors (Lipinski definition) is 2. The number of hydrogen-bond acceptors (Lipinski definition) is 5. The topological polar surface area (TPSA) is 57.6 Å². The number of aromatic nitrogens is 1. The maximum Gasteiger partial charge on any atom is 0.124 e. The fourth-order valence-electron chi connectivity index (χ4n) is 5.29. The summed E-state index contributed by atoms with van der Waals surface area (Å²) >= 11 is 0. The summed E-state index contributed by atoms with van der Waals surface area (Å²) in [7, 11) is 2.10. The molecular weight excluding hydrogens is 422 g/mol. The summed E-state index contributed by atoms with van der Waals surface area (Å²) in [6.07, 6.45) is 6.08. The maximum atomic E-state index is 12.3. The molecule has 4 rings (SSSR count). The highest BCUT2D eigenvalue weighted by Gasteiger charge is 2.55. The molecule has 32 heavy (non-hydrogen) atoms. The van der Waals surface area contributed by atoms with E-state index in [0.29, 0.717) is 18.6 Å². The lowest BCUT2D eigenvalue weighted by molar-refractivity contribution is -0.127. The van der Waals surface area contributed by atoms with Gasteiger partial charge in [-0.25, -0.2) is 0 Å². The molecule has 1 aromatic heterocycles. The van der Waals surface area contributed by atoms with E-state index in [1.807, 2.05) is 12.4 Å². The molecule has 5 nitrogen and oxygen atoms in total. The van der Waals surface area contributed by atoms with E-state index in [1.165, 1.54) is 5.56 Å². The summed E-state index contributed by atoms with van der Waals surface area (Å²) in [6.45, 7) is 10.8. The molecule has 0 spiro atoms. The van der Waals surface area contributed by atoms with Gasteiger partial charge in [0.25, 0.3) is 0 Å². The number of nitrogens with one attached hydrogen (secondary N) is 1. The highest BCUT2D eigenvalue weighted by Crippen LogP contribution is 2.50. The van der Waals surface area contributed by atoms with E-state index in [9.17, 15) is 5.11 Å². The second-order valence-electron chi connectivity index (χ2n) is 10.1. The van der Waals surface area contributed by atoms with Gasteiger partial charge >= 0.3 is 0 Å². The Morgan fingerprint density at radius 1 is 1.16 bits per heavy atom. The first-order valence-electron chi connectivity index (χ1n) is 11.6. The Morgan fingerprint density at radius 3 is 2.41 bits per heavy atom. The van der Waals surface area contributed by atoms with Crippen molar-refractivity contribution in [3.63, 3.8) is 0 Å². The molecule has 176 valence electrons. The number of piperidine rings is 1. The van der Waals surface area contributed by atoms with Crippen molar-refractivity contribution in [1.82, 2.24) is 15.2 Å². The van der Waals surface area contributed by atoms with Crippen LogP contribution < -0.4 is 5.32 Å². The molecule has 0 radical (unpaired) electrons. The zero-order valence-corrected chi connectivity index (χ0v) is 20.6. The number of benzene rings is 1. The average Bonchev–Trinajstić information content (AvgIpc) is 2.77. The number of nitrogens with zero attached hydrogens (tertiary/aromatic N) is 2. The van der Waals surface area contributed by atoms with Gasteiger partial charge in [-0.1, -0.05) is 45.0 Å². The molecule has 2 aliphatic rings. The fraction of sp³-hybridized carbons (Fsp3) is 0.577. The maximum absolute atomic E-state index is 12.3. The number of ether oxygens (including phenoxy) is 1. The second-order valence-corrected chi connectivity index (χ2v) is 10.1. The Kier molecular flexibility index (Phi) is 8.00. The SMILES string of the molecule is CC(C)c1ccc([C@](O)(c2cncc(COC3CCNCC3)c2)C2(C)CN(C)C2)cc1.Cl. The third-order valence-electron chi connectivity index (χ3n) is 7.09. The molecule has 2 N–H and O–H groups in total. The first-order valence-corrected chi connectivity index (χ1v) is 11.6. The summed E-state index contributed by atoms with van der Waals surface area (Å²) in [4.78, 5) is 6.77. The van der Waals surface area contributed by atoms with E-state index in [0.717, 1.165) is 55.7 Å². The van der Waals surface area contributed by atoms with E-state index in [-0.39, 0.29) is 17.8 Å². The highest BCUT2D eigenvalue weighted by molar-refractivity contribution is 5.85. The van der Waals surface area contributed by atoms with Crippen LogP contribution in [-0.2, 0) is 16.9 Å². The van der Waals surface area contributed by atoms with Gasteiger partial charge in [0, 0.05) is 36.5 Å². The summed E-state index contributed by atoms with van der Waals surface area (Å²) < 4.78 is 6.16. The van der Waals surface area contributed by atoms with Crippen molar-refractivity contribution in [2.75, 3.05) is 33.2 Å². The average molecular weight is 460 g/mol. The zero-order chi connectivity index (χ0) is 22.1. The molecule has 2 aliphatic heterocycles. The van der Waals surface area contributed by atoms with Crippen LogP contribution in [0, 0.1) is 5.41 Å². The largest absolute Gasteiger partial charge is 0.380 e. The van der Waals surface area contributed by atoms with Gasteiger partial charge in [0.15, 0.2) is 0 Å². The molecule has 6 heteroatoms. The van der Waals surface area contributed by atoms with Crippen LogP contribution in [0.5, 0.6) is 0 Å². The standard InChI is InChI=1S/C26H37N3O2.ClH/c1-19(2)21-5-7-22(8-6-21)26(30,25(3)17-29(4)18-25)23-13-20(14-28-15-23)16-31-24-9-11-27-12-10-24;/h5-8,13-15,19,24,27,30H,9-12,16-18H2,1-4H3;1H/t26-;/m0./s1. The smallest absolute Gasteiger partial charge is 0.124 e. The predicted octanol–water partition coefficient (Wildman–Crippen LogP) is 4.08. The normalized spacial score (nSPS) is 20.9. The van der Waals surface area contributed by atoms with Crippen molar-refractivity contribution < 1.29 is 9.84 Å². The lowest BCUT2D eigenvalue weighted by Gasteiger charge is -2.56. The van der Waals surface area contributed by atoms with E-state index in [2.05, 4.69) is 73.4 Å². The van der Waals surface area contributed by atoms with Gasteiger partial charge in [-0.2, -0.15) is 0 Å². The van der Waals surface area contributed by atoms with Crippen LogP contribution in [0.2, 0.25) is 0 Å². The van der Waals surface area contributed by atoms with Gasteiger partial charge in [-0.05, 0) is 61.7 Å². The monoisotopic (exact) mass is 459 g/mol. The Balaban J connectivity index is 0.00000289. The van der Waals surface area contributed by atoms with Gasteiger partial charge in [0.1, 0.15) is 5.60 Å². The zero-order valence-electron chi connectivity index (χ0n) is 19.8. The van der Waals surface area contributed by atoms with Crippen LogP contribution in [0.1, 0.15) is 61.8 Å². The van der Waals surface area contributed by atoms with Crippen molar-refractivity contribution >= 4 is 12.4 Å².